The molecular formula is C21H31N3O4. The van der Waals surface area contributed by atoms with E-state index in [9.17, 15) is 5.11 Å². The van der Waals surface area contributed by atoms with Crippen molar-refractivity contribution in [2.24, 2.45) is 0 Å². The Hall–Kier alpha value is -1.93. The maximum absolute atomic E-state index is 10.2. The Balaban J connectivity index is 1.47. The molecule has 1 aliphatic heterocycles. The summed E-state index contributed by atoms with van der Waals surface area (Å²) in [7, 11) is 2.07. The van der Waals surface area contributed by atoms with E-state index in [1.54, 1.807) is 0 Å². The second-order valence-corrected chi connectivity index (χ2v) is 7.50. The molecule has 0 saturated carbocycles. The Morgan fingerprint density at radius 3 is 2.75 bits per heavy atom. The van der Waals surface area contributed by atoms with Crippen molar-refractivity contribution in [3.05, 3.63) is 46.8 Å². The van der Waals surface area contributed by atoms with Gasteiger partial charge < -0.3 is 19.1 Å². The van der Waals surface area contributed by atoms with Gasteiger partial charge in [-0.2, -0.15) is 0 Å². The average Bonchev–Trinajstić information content (AvgIpc) is 2.99. The molecule has 28 heavy (non-hydrogen) atoms. The van der Waals surface area contributed by atoms with E-state index in [4.69, 9.17) is 14.0 Å². The molecule has 7 nitrogen and oxygen atoms in total. The molecule has 1 unspecified atom stereocenters. The van der Waals surface area contributed by atoms with Gasteiger partial charge in [-0.1, -0.05) is 17.3 Å². The van der Waals surface area contributed by atoms with E-state index in [1.165, 1.54) is 0 Å². The minimum atomic E-state index is -0.510. The molecule has 1 fully saturated rings. The Bertz CT molecular complexity index is 724. The molecule has 1 aromatic carbocycles. The molecule has 0 bridgehead atoms. The van der Waals surface area contributed by atoms with Gasteiger partial charge >= 0.3 is 0 Å². The average molecular weight is 389 g/mol. The van der Waals surface area contributed by atoms with Crippen LogP contribution in [0.1, 0.15) is 22.6 Å². The van der Waals surface area contributed by atoms with Crippen LogP contribution < -0.4 is 4.74 Å². The molecular weight excluding hydrogens is 358 g/mol. The van der Waals surface area contributed by atoms with Crippen LogP contribution in [0.4, 0.5) is 0 Å². The van der Waals surface area contributed by atoms with Gasteiger partial charge in [0.1, 0.15) is 24.2 Å². The van der Waals surface area contributed by atoms with E-state index in [2.05, 4.69) is 28.1 Å². The van der Waals surface area contributed by atoms with Crippen molar-refractivity contribution in [2.45, 2.75) is 33.0 Å². The monoisotopic (exact) mass is 389 g/mol. The van der Waals surface area contributed by atoms with Gasteiger partial charge in [0.2, 0.25) is 0 Å². The summed E-state index contributed by atoms with van der Waals surface area (Å²) in [5, 5.41) is 14.3. The van der Waals surface area contributed by atoms with E-state index in [0.717, 1.165) is 67.7 Å². The number of nitrogens with zero attached hydrogens (tertiary/aromatic N) is 3. The van der Waals surface area contributed by atoms with Crippen LogP contribution in [-0.4, -0.2) is 72.7 Å². The molecule has 2 aromatic rings. The molecule has 0 spiro atoms. The number of aliphatic hydroxyl groups is 1. The summed E-state index contributed by atoms with van der Waals surface area (Å²) in [6, 6.07) is 8.04. The first kappa shape index (κ1) is 20.8. The van der Waals surface area contributed by atoms with Crippen molar-refractivity contribution in [2.75, 3.05) is 46.5 Å². The fraction of sp³-hybridized carbons (Fsp3) is 0.571. The number of hydrogen-bond acceptors (Lipinski definition) is 7. The zero-order valence-electron chi connectivity index (χ0n) is 17.1. The lowest BCUT2D eigenvalue weighted by molar-refractivity contribution is 0.00464. The lowest BCUT2D eigenvalue weighted by Crippen LogP contribution is -2.42. The van der Waals surface area contributed by atoms with Crippen molar-refractivity contribution in [3.8, 4) is 5.75 Å². The number of ether oxygens (including phenoxy) is 2. The van der Waals surface area contributed by atoms with Crippen LogP contribution in [0.25, 0.3) is 0 Å². The number of rotatable bonds is 9. The van der Waals surface area contributed by atoms with Crippen LogP contribution in [0.5, 0.6) is 5.75 Å². The molecule has 1 saturated heterocycles. The highest BCUT2D eigenvalue weighted by Gasteiger charge is 2.16. The zero-order chi connectivity index (χ0) is 19.9. The molecule has 0 amide bonds. The molecule has 2 heterocycles. The fourth-order valence-electron chi connectivity index (χ4n) is 3.43. The summed E-state index contributed by atoms with van der Waals surface area (Å²) in [6.07, 6.45) is -0.510. The largest absolute Gasteiger partial charge is 0.491 e. The lowest BCUT2D eigenvalue weighted by Gasteiger charge is -2.28. The SMILES string of the molecule is Cc1noc(C)c1CN(C)Cc1cccc(OCC(O)CN2CCOCC2)c1. The number of β-amino-alcohol motifs (C(OH)–C–C–N with tert-alkyl or cyclic N) is 1. The van der Waals surface area contributed by atoms with Gasteiger partial charge in [0.05, 0.1) is 18.9 Å². The molecule has 7 heteroatoms. The second kappa shape index (κ2) is 10.0. The molecule has 1 aromatic heterocycles. The van der Waals surface area contributed by atoms with Crippen LogP contribution in [0.3, 0.4) is 0 Å². The standard InChI is InChI=1S/C21H31N3O4/c1-16-21(17(2)28-22-16)14-23(3)12-18-5-4-6-20(11-18)27-15-19(25)13-24-7-9-26-10-8-24/h4-6,11,19,25H,7-10,12-15H2,1-3H3. The van der Waals surface area contributed by atoms with Crippen molar-refractivity contribution >= 4 is 0 Å². The highest BCUT2D eigenvalue weighted by Crippen LogP contribution is 2.18. The summed E-state index contributed by atoms with van der Waals surface area (Å²) in [6.45, 7) is 9.58. The first-order chi connectivity index (χ1) is 13.5. The summed E-state index contributed by atoms with van der Waals surface area (Å²) < 4.78 is 16.4. The van der Waals surface area contributed by atoms with Gasteiger partial charge in [-0.15, -0.1) is 0 Å². The molecule has 0 radical (unpaired) electrons. The molecule has 154 valence electrons. The Labute approximate surface area is 166 Å². The van der Waals surface area contributed by atoms with Crippen LogP contribution in [0.15, 0.2) is 28.8 Å². The van der Waals surface area contributed by atoms with Crippen molar-refractivity contribution < 1.29 is 19.1 Å². The van der Waals surface area contributed by atoms with E-state index < -0.39 is 6.10 Å². The zero-order valence-corrected chi connectivity index (χ0v) is 17.1. The summed E-state index contributed by atoms with van der Waals surface area (Å²) in [4.78, 5) is 4.43. The van der Waals surface area contributed by atoms with Gasteiger partial charge in [0.15, 0.2) is 0 Å². The van der Waals surface area contributed by atoms with Crippen molar-refractivity contribution in [3.63, 3.8) is 0 Å². The Morgan fingerprint density at radius 2 is 2.04 bits per heavy atom. The normalized spacial score (nSPS) is 16.5. The van der Waals surface area contributed by atoms with Crippen molar-refractivity contribution in [1.82, 2.24) is 15.0 Å². The third-order valence-corrected chi connectivity index (χ3v) is 4.98. The molecule has 3 rings (SSSR count). The number of aliphatic hydroxyl groups excluding tert-OH is 1. The maximum atomic E-state index is 10.2. The first-order valence-electron chi connectivity index (χ1n) is 9.81. The Kier molecular flexibility index (Phi) is 7.44. The third-order valence-electron chi connectivity index (χ3n) is 4.98. The highest BCUT2D eigenvalue weighted by atomic mass is 16.5. The predicted molar refractivity (Wildman–Crippen MR) is 106 cm³/mol. The maximum Gasteiger partial charge on any atom is 0.138 e. The number of aryl methyl sites for hydroxylation is 2. The highest BCUT2D eigenvalue weighted by molar-refractivity contribution is 5.29. The van der Waals surface area contributed by atoms with Crippen LogP contribution >= 0.6 is 0 Å². The van der Waals surface area contributed by atoms with Crippen molar-refractivity contribution in [1.29, 1.82) is 0 Å². The van der Waals surface area contributed by atoms with E-state index in [-0.39, 0.29) is 6.61 Å². The fourth-order valence-corrected chi connectivity index (χ4v) is 3.43. The number of hydrogen-bond donors (Lipinski definition) is 1. The minimum absolute atomic E-state index is 0.287. The quantitative estimate of drug-likeness (QED) is 0.703. The van der Waals surface area contributed by atoms with Gasteiger partial charge in [0.25, 0.3) is 0 Å². The molecule has 1 N–H and O–H groups in total. The molecule has 1 aliphatic rings. The first-order valence-corrected chi connectivity index (χ1v) is 9.81. The smallest absolute Gasteiger partial charge is 0.138 e. The third kappa shape index (κ3) is 6.04. The van der Waals surface area contributed by atoms with Gasteiger partial charge in [-0.25, -0.2) is 0 Å². The topological polar surface area (TPSA) is 71.2 Å². The number of benzene rings is 1. The summed E-state index contributed by atoms with van der Waals surface area (Å²) >= 11 is 0. The summed E-state index contributed by atoms with van der Waals surface area (Å²) in [5.74, 6) is 1.65. The van der Waals surface area contributed by atoms with E-state index in [0.29, 0.717) is 6.54 Å². The van der Waals surface area contributed by atoms with Crippen LogP contribution in [-0.2, 0) is 17.8 Å². The Morgan fingerprint density at radius 1 is 1.25 bits per heavy atom. The predicted octanol–water partition coefficient (Wildman–Crippen LogP) is 2.00. The van der Waals surface area contributed by atoms with Crippen LogP contribution in [0.2, 0.25) is 0 Å². The van der Waals surface area contributed by atoms with Gasteiger partial charge in [-0.05, 0) is 38.6 Å². The van der Waals surface area contributed by atoms with Gasteiger partial charge in [0, 0.05) is 38.3 Å². The summed E-state index contributed by atoms with van der Waals surface area (Å²) in [5.41, 5.74) is 3.24. The van der Waals surface area contributed by atoms with Gasteiger partial charge in [-0.3, -0.25) is 9.80 Å². The van der Waals surface area contributed by atoms with Crippen LogP contribution in [0, 0.1) is 13.8 Å². The van der Waals surface area contributed by atoms with E-state index >= 15 is 0 Å². The minimum Gasteiger partial charge on any atom is -0.491 e. The molecule has 0 aliphatic carbocycles. The van der Waals surface area contributed by atoms with E-state index in [1.807, 2.05) is 32.0 Å². The number of morpholine rings is 1. The number of aromatic nitrogens is 1. The lowest BCUT2D eigenvalue weighted by atomic mass is 10.1. The molecule has 1 atom stereocenters. The second-order valence-electron chi connectivity index (χ2n) is 7.50.